The first kappa shape index (κ1) is 17.7. The molecule has 0 bridgehead atoms. The summed E-state index contributed by atoms with van der Waals surface area (Å²) in [5.74, 6) is 0.0973. The van der Waals surface area contributed by atoms with Gasteiger partial charge in [-0.25, -0.2) is 9.59 Å². The Kier molecular flexibility index (Phi) is 4.53. The SMILES string of the molecule is COc1ccc2c(COC(=O)c3cc(C)nc4ccccc34)cc(=O)oc2c1. The van der Waals surface area contributed by atoms with Crippen LogP contribution in [-0.2, 0) is 11.3 Å². The van der Waals surface area contributed by atoms with Gasteiger partial charge in [0.1, 0.15) is 17.9 Å². The number of hydrogen-bond donors (Lipinski definition) is 0. The van der Waals surface area contributed by atoms with Crippen LogP contribution < -0.4 is 10.4 Å². The molecule has 6 nitrogen and oxygen atoms in total. The van der Waals surface area contributed by atoms with E-state index in [0.717, 1.165) is 16.6 Å². The smallest absolute Gasteiger partial charge is 0.339 e. The number of aromatic nitrogens is 1. The molecule has 0 aliphatic carbocycles. The minimum Gasteiger partial charge on any atom is -0.497 e. The summed E-state index contributed by atoms with van der Waals surface area (Å²) < 4.78 is 15.9. The molecule has 4 rings (SSSR count). The van der Waals surface area contributed by atoms with Gasteiger partial charge >= 0.3 is 11.6 Å². The van der Waals surface area contributed by atoms with Crippen LogP contribution in [0.25, 0.3) is 21.9 Å². The molecule has 0 fully saturated rings. The Morgan fingerprint density at radius 1 is 1.07 bits per heavy atom. The monoisotopic (exact) mass is 375 g/mol. The zero-order chi connectivity index (χ0) is 19.7. The first-order valence-corrected chi connectivity index (χ1v) is 8.69. The molecule has 0 spiro atoms. The predicted octanol–water partition coefficient (Wildman–Crippen LogP) is 4.02. The number of carbonyl (C=O) groups excluding carboxylic acids is 1. The number of esters is 1. The molecule has 2 aromatic heterocycles. The fourth-order valence-electron chi connectivity index (χ4n) is 3.15. The summed E-state index contributed by atoms with van der Waals surface area (Å²) in [7, 11) is 1.53. The van der Waals surface area contributed by atoms with Gasteiger partial charge in [-0.2, -0.15) is 0 Å². The van der Waals surface area contributed by atoms with Gasteiger partial charge in [-0.3, -0.25) is 4.98 Å². The van der Waals surface area contributed by atoms with Crippen molar-refractivity contribution >= 4 is 27.8 Å². The van der Waals surface area contributed by atoms with Crippen molar-refractivity contribution in [3.63, 3.8) is 0 Å². The van der Waals surface area contributed by atoms with E-state index >= 15 is 0 Å². The number of para-hydroxylation sites is 1. The third-order valence-electron chi connectivity index (χ3n) is 4.46. The van der Waals surface area contributed by atoms with E-state index in [4.69, 9.17) is 13.9 Å². The Bertz CT molecular complexity index is 1260. The summed E-state index contributed by atoms with van der Waals surface area (Å²) >= 11 is 0. The van der Waals surface area contributed by atoms with Gasteiger partial charge in [-0.05, 0) is 31.2 Å². The quantitative estimate of drug-likeness (QED) is 0.396. The van der Waals surface area contributed by atoms with E-state index in [2.05, 4.69) is 4.98 Å². The Balaban J connectivity index is 1.67. The van der Waals surface area contributed by atoms with Crippen LogP contribution in [0.5, 0.6) is 5.75 Å². The van der Waals surface area contributed by atoms with E-state index in [9.17, 15) is 9.59 Å². The molecular weight excluding hydrogens is 358 g/mol. The van der Waals surface area contributed by atoms with Gasteiger partial charge in [0.2, 0.25) is 0 Å². The lowest BCUT2D eigenvalue weighted by Crippen LogP contribution is -2.09. The zero-order valence-electron chi connectivity index (χ0n) is 15.4. The van der Waals surface area contributed by atoms with Crippen molar-refractivity contribution in [2.75, 3.05) is 7.11 Å². The lowest BCUT2D eigenvalue weighted by Gasteiger charge is -2.10. The zero-order valence-corrected chi connectivity index (χ0v) is 15.4. The largest absolute Gasteiger partial charge is 0.497 e. The minimum absolute atomic E-state index is 0.0526. The molecule has 0 amide bonds. The number of nitrogens with zero attached hydrogens (tertiary/aromatic N) is 1. The van der Waals surface area contributed by atoms with Gasteiger partial charge in [0.25, 0.3) is 0 Å². The Morgan fingerprint density at radius 3 is 2.71 bits per heavy atom. The van der Waals surface area contributed by atoms with Crippen molar-refractivity contribution in [1.29, 1.82) is 0 Å². The van der Waals surface area contributed by atoms with Crippen molar-refractivity contribution in [3.05, 3.63) is 81.8 Å². The van der Waals surface area contributed by atoms with Gasteiger partial charge in [-0.1, -0.05) is 18.2 Å². The van der Waals surface area contributed by atoms with Crippen molar-refractivity contribution in [2.24, 2.45) is 0 Å². The van der Waals surface area contributed by atoms with E-state index in [0.29, 0.717) is 27.8 Å². The molecule has 0 unspecified atom stereocenters. The third-order valence-corrected chi connectivity index (χ3v) is 4.46. The van der Waals surface area contributed by atoms with Gasteiger partial charge in [0.05, 0.1) is 18.2 Å². The molecule has 4 aromatic rings. The molecule has 6 heteroatoms. The van der Waals surface area contributed by atoms with E-state index in [1.807, 2.05) is 31.2 Å². The average molecular weight is 375 g/mol. The lowest BCUT2D eigenvalue weighted by molar-refractivity contribution is 0.0476. The summed E-state index contributed by atoms with van der Waals surface area (Å²) in [6.45, 7) is 1.77. The Morgan fingerprint density at radius 2 is 1.89 bits per heavy atom. The summed E-state index contributed by atoms with van der Waals surface area (Å²) in [5, 5.41) is 1.41. The second-order valence-electron chi connectivity index (χ2n) is 6.36. The second kappa shape index (κ2) is 7.15. The van der Waals surface area contributed by atoms with Crippen molar-refractivity contribution in [2.45, 2.75) is 13.5 Å². The summed E-state index contributed by atoms with van der Waals surface area (Å²) in [6, 6.07) is 15.6. The maximum Gasteiger partial charge on any atom is 0.339 e. The Labute approximate surface area is 160 Å². The van der Waals surface area contributed by atoms with Crippen LogP contribution in [0, 0.1) is 6.92 Å². The minimum atomic E-state index is -0.517. The van der Waals surface area contributed by atoms with Gasteiger partial charge in [0.15, 0.2) is 0 Å². The van der Waals surface area contributed by atoms with Crippen LogP contribution in [0.15, 0.2) is 63.8 Å². The highest BCUT2D eigenvalue weighted by Crippen LogP contribution is 2.24. The highest BCUT2D eigenvalue weighted by atomic mass is 16.5. The second-order valence-corrected chi connectivity index (χ2v) is 6.36. The molecule has 2 aromatic carbocycles. The maximum absolute atomic E-state index is 12.7. The molecule has 28 heavy (non-hydrogen) atoms. The van der Waals surface area contributed by atoms with Crippen LogP contribution in [0.2, 0.25) is 0 Å². The molecule has 0 aliphatic rings. The highest BCUT2D eigenvalue weighted by molar-refractivity contribution is 6.03. The first-order chi connectivity index (χ1) is 13.5. The standard InChI is InChI=1S/C22H17NO5/c1-13-9-18(17-5-3-4-6-19(17)23-13)22(25)27-12-14-10-21(24)28-20-11-15(26-2)7-8-16(14)20/h3-11H,12H2,1-2H3. The predicted molar refractivity (Wildman–Crippen MR) is 105 cm³/mol. The Hall–Kier alpha value is -3.67. The molecule has 0 saturated heterocycles. The van der Waals surface area contributed by atoms with Gasteiger partial charge in [-0.15, -0.1) is 0 Å². The first-order valence-electron chi connectivity index (χ1n) is 8.69. The topological polar surface area (TPSA) is 78.6 Å². The number of ether oxygens (including phenoxy) is 2. The van der Waals surface area contributed by atoms with Crippen molar-refractivity contribution < 1.29 is 18.7 Å². The maximum atomic E-state index is 12.7. The number of hydrogen-bond acceptors (Lipinski definition) is 6. The highest BCUT2D eigenvalue weighted by Gasteiger charge is 2.15. The fourth-order valence-corrected chi connectivity index (χ4v) is 3.15. The number of methoxy groups -OCH3 is 1. The van der Waals surface area contributed by atoms with E-state index in [1.165, 1.54) is 13.2 Å². The third kappa shape index (κ3) is 3.32. The number of fused-ring (bicyclic) bond motifs is 2. The molecule has 2 heterocycles. The van der Waals surface area contributed by atoms with Gasteiger partial charge < -0.3 is 13.9 Å². The molecular formula is C22H17NO5. The average Bonchev–Trinajstić information content (AvgIpc) is 2.70. The normalized spacial score (nSPS) is 10.9. The summed E-state index contributed by atoms with van der Waals surface area (Å²) in [4.78, 5) is 29.0. The summed E-state index contributed by atoms with van der Waals surface area (Å²) in [6.07, 6.45) is 0. The molecule has 0 aliphatic heterocycles. The number of carbonyl (C=O) groups is 1. The van der Waals surface area contributed by atoms with Crippen molar-refractivity contribution in [3.8, 4) is 5.75 Å². The number of benzene rings is 2. The molecule has 140 valence electrons. The fraction of sp³-hybridized carbons (Fsp3) is 0.136. The molecule has 0 atom stereocenters. The lowest BCUT2D eigenvalue weighted by atomic mass is 10.1. The summed E-state index contributed by atoms with van der Waals surface area (Å²) in [5.41, 5.74) is 2.32. The molecule has 0 saturated carbocycles. The number of pyridine rings is 1. The van der Waals surface area contributed by atoms with Crippen LogP contribution in [0.3, 0.4) is 0 Å². The number of rotatable bonds is 4. The van der Waals surface area contributed by atoms with E-state index in [1.54, 1.807) is 24.3 Å². The van der Waals surface area contributed by atoms with Crippen LogP contribution in [-0.4, -0.2) is 18.1 Å². The van der Waals surface area contributed by atoms with E-state index in [-0.39, 0.29) is 6.61 Å². The molecule has 0 radical (unpaired) electrons. The molecule has 0 N–H and O–H groups in total. The van der Waals surface area contributed by atoms with Gasteiger partial charge in [0, 0.05) is 34.2 Å². The van der Waals surface area contributed by atoms with E-state index < -0.39 is 11.6 Å². The van der Waals surface area contributed by atoms with Crippen LogP contribution in [0.1, 0.15) is 21.6 Å². The van der Waals surface area contributed by atoms with Crippen LogP contribution >= 0.6 is 0 Å². The van der Waals surface area contributed by atoms with Crippen molar-refractivity contribution in [1.82, 2.24) is 4.98 Å². The number of aryl methyl sites for hydroxylation is 1. The van der Waals surface area contributed by atoms with Crippen LogP contribution in [0.4, 0.5) is 0 Å².